The van der Waals surface area contributed by atoms with Gasteiger partial charge < -0.3 is 5.32 Å². The Bertz CT molecular complexity index is 754. The molecule has 0 saturated carbocycles. The maximum atomic E-state index is 6.39. The highest BCUT2D eigenvalue weighted by molar-refractivity contribution is 7.80. The molecule has 0 aliphatic heterocycles. The lowest BCUT2D eigenvalue weighted by Gasteiger charge is -2.04. The molecule has 120 valence electrons. The van der Waals surface area contributed by atoms with E-state index in [9.17, 15) is 0 Å². The first-order chi connectivity index (χ1) is 11.0. The van der Waals surface area contributed by atoms with Gasteiger partial charge in [0.2, 0.25) is 0 Å². The Labute approximate surface area is 150 Å². The van der Waals surface area contributed by atoms with Gasteiger partial charge in [0.15, 0.2) is 5.11 Å². The molecule has 1 aromatic heterocycles. The number of thiocarbonyl (C=S) groups is 1. The summed E-state index contributed by atoms with van der Waals surface area (Å²) in [5.74, 6) is 0. The van der Waals surface area contributed by atoms with Gasteiger partial charge in [0.25, 0.3) is 0 Å². The standard InChI is InChI=1S/C15H15Cl2N5S/c1-3-7-18-15(23)20-19-9-13-10(2)21-22(14(13)17)12-6-4-5-11(16)8-12/h3-6,8-9H,1,7H2,2H3,(H2,18,20,23)/b19-9-. The lowest BCUT2D eigenvalue weighted by Crippen LogP contribution is -2.31. The minimum absolute atomic E-state index is 0.400. The fraction of sp³-hybridized carbons (Fsp3) is 0.133. The molecular weight excluding hydrogens is 353 g/mol. The summed E-state index contributed by atoms with van der Waals surface area (Å²) >= 11 is 17.4. The van der Waals surface area contributed by atoms with E-state index in [4.69, 9.17) is 35.4 Å². The van der Waals surface area contributed by atoms with Crippen molar-refractivity contribution in [2.24, 2.45) is 5.10 Å². The maximum Gasteiger partial charge on any atom is 0.187 e. The van der Waals surface area contributed by atoms with Crippen molar-refractivity contribution in [3.8, 4) is 5.69 Å². The first kappa shape index (κ1) is 17.5. The minimum Gasteiger partial charge on any atom is -0.358 e. The summed E-state index contributed by atoms with van der Waals surface area (Å²) in [6, 6.07) is 7.29. The van der Waals surface area contributed by atoms with E-state index in [1.165, 1.54) is 0 Å². The van der Waals surface area contributed by atoms with Crippen LogP contribution in [0, 0.1) is 6.92 Å². The summed E-state index contributed by atoms with van der Waals surface area (Å²) in [5.41, 5.74) is 4.92. The molecule has 0 bridgehead atoms. The maximum absolute atomic E-state index is 6.39. The number of hydrazone groups is 1. The molecule has 0 spiro atoms. The van der Waals surface area contributed by atoms with Gasteiger partial charge in [-0.1, -0.05) is 35.3 Å². The quantitative estimate of drug-likeness (QED) is 0.367. The average Bonchev–Trinajstić information content (AvgIpc) is 2.81. The number of aryl methyl sites for hydroxylation is 1. The van der Waals surface area contributed by atoms with E-state index < -0.39 is 0 Å². The normalized spacial score (nSPS) is 10.7. The predicted octanol–water partition coefficient (Wildman–Crippen LogP) is 3.47. The highest BCUT2D eigenvalue weighted by Crippen LogP contribution is 2.23. The van der Waals surface area contributed by atoms with E-state index in [-0.39, 0.29) is 0 Å². The fourth-order valence-electron chi connectivity index (χ4n) is 1.80. The van der Waals surface area contributed by atoms with Crippen molar-refractivity contribution < 1.29 is 0 Å². The summed E-state index contributed by atoms with van der Waals surface area (Å²) in [4.78, 5) is 0. The second-order valence-corrected chi connectivity index (χ2v) is 5.75. The highest BCUT2D eigenvalue weighted by atomic mass is 35.5. The van der Waals surface area contributed by atoms with E-state index in [2.05, 4.69) is 27.5 Å². The Kier molecular flexibility index (Phi) is 6.15. The number of nitrogens with one attached hydrogen (secondary N) is 2. The van der Waals surface area contributed by atoms with Crippen molar-refractivity contribution in [2.45, 2.75) is 6.92 Å². The number of aromatic nitrogens is 2. The molecule has 2 rings (SSSR count). The van der Waals surface area contributed by atoms with Crippen LogP contribution < -0.4 is 10.7 Å². The number of hydrogen-bond acceptors (Lipinski definition) is 3. The van der Waals surface area contributed by atoms with Crippen molar-refractivity contribution in [2.75, 3.05) is 6.54 Å². The van der Waals surface area contributed by atoms with Crippen LogP contribution in [0.25, 0.3) is 5.69 Å². The topological polar surface area (TPSA) is 54.2 Å². The number of halogens is 2. The predicted molar refractivity (Wildman–Crippen MR) is 99.8 cm³/mol. The van der Waals surface area contributed by atoms with Gasteiger partial charge in [-0.25, -0.2) is 4.68 Å². The number of rotatable bonds is 5. The second-order valence-electron chi connectivity index (χ2n) is 4.55. The molecule has 0 radical (unpaired) electrons. The molecule has 1 aromatic carbocycles. The van der Waals surface area contributed by atoms with Gasteiger partial charge >= 0.3 is 0 Å². The fourth-order valence-corrected chi connectivity index (χ4v) is 2.44. The molecule has 0 unspecified atom stereocenters. The molecule has 1 heterocycles. The summed E-state index contributed by atoms with van der Waals surface area (Å²) in [5, 5.41) is 12.8. The van der Waals surface area contributed by atoms with E-state index in [1.54, 1.807) is 29.1 Å². The van der Waals surface area contributed by atoms with Gasteiger partial charge in [-0.3, -0.25) is 5.43 Å². The van der Waals surface area contributed by atoms with E-state index in [0.29, 0.717) is 27.4 Å². The van der Waals surface area contributed by atoms with E-state index in [1.807, 2.05) is 19.1 Å². The Balaban J connectivity index is 2.18. The Hall–Kier alpha value is -1.89. The smallest absolute Gasteiger partial charge is 0.187 e. The average molecular weight is 368 g/mol. The molecule has 0 amide bonds. The lowest BCUT2D eigenvalue weighted by atomic mass is 10.3. The zero-order valence-corrected chi connectivity index (χ0v) is 14.7. The van der Waals surface area contributed by atoms with Gasteiger partial charge in [0, 0.05) is 11.6 Å². The molecule has 0 fully saturated rings. The van der Waals surface area contributed by atoms with Crippen molar-refractivity contribution in [3.63, 3.8) is 0 Å². The van der Waals surface area contributed by atoms with Crippen LogP contribution in [0.1, 0.15) is 11.3 Å². The Morgan fingerprint density at radius 1 is 1.48 bits per heavy atom. The van der Waals surface area contributed by atoms with Crippen LogP contribution in [0.4, 0.5) is 0 Å². The van der Waals surface area contributed by atoms with Gasteiger partial charge in [0.05, 0.1) is 23.2 Å². The van der Waals surface area contributed by atoms with Crippen LogP contribution in [-0.4, -0.2) is 27.7 Å². The van der Waals surface area contributed by atoms with Crippen molar-refractivity contribution in [3.05, 3.63) is 58.4 Å². The van der Waals surface area contributed by atoms with Crippen LogP contribution in [0.3, 0.4) is 0 Å². The zero-order chi connectivity index (χ0) is 16.8. The highest BCUT2D eigenvalue weighted by Gasteiger charge is 2.13. The molecule has 0 atom stereocenters. The molecule has 23 heavy (non-hydrogen) atoms. The monoisotopic (exact) mass is 367 g/mol. The number of hydrogen-bond donors (Lipinski definition) is 2. The lowest BCUT2D eigenvalue weighted by molar-refractivity contribution is 0.863. The molecule has 0 aliphatic carbocycles. The number of benzene rings is 1. The van der Waals surface area contributed by atoms with Crippen LogP contribution >= 0.6 is 35.4 Å². The molecule has 0 saturated heterocycles. The van der Waals surface area contributed by atoms with Crippen molar-refractivity contribution in [1.82, 2.24) is 20.5 Å². The molecule has 8 heteroatoms. The molecular formula is C15H15Cl2N5S. The van der Waals surface area contributed by atoms with Crippen LogP contribution in [-0.2, 0) is 0 Å². The van der Waals surface area contributed by atoms with Gasteiger partial charge in [-0.05, 0) is 37.3 Å². The third kappa shape index (κ3) is 4.54. The zero-order valence-electron chi connectivity index (χ0n) is 12.4. The minimum atomic E-state index is 0.400. The largest absolute Gasteiger partial charge is 0.358 e. The molecule has 5 nitrogen and oxygen atoms in total. The first-order valence-corrected chi connectivity index (χ1v) is 7.88. The van der Waals surface area contributed by atoms with Crippen molar-refractivity contribution in [1.29, 1.82) is 0 Å². The summed E-state index contributed by atoms with van der Waals surface area (Å²) in [6.45, 7) is 6.01. The van der Waals surface area contributed by atoms with E-state index in [0.717, 1.165) is 11.4 Å². The summed E-state index contributed by atoms with van der Waals surface area (Å²) < 4.78 is 1.61. The number of nitrogens with zero attached hydrogens (tertiary/aromatic N) is 3. The summed E-state index contributed by atoms with van der Waals surface area (Å²) in [6.07, 6.45) is 3.28. The van der Waals surface area contributed by atoms with Gasteiger partial charge in [-0.2, -0.15) is 10.2 Å². The summed E-state index contributed by atoms with van der Waals surface area (Å²) in [7, 11) is 0. The Morgan fingerprint density at radius 2 is 2.26 bits per heavy atom. The van der Waals surface area contributed by atoms with Crippen LogP contribution in [0.2, 0.25) is 10.2 Å². The first-order valence-electron chi connectivity index (χ1n) is 6.71. The van der Waals surface area contributed by atoms with Crippen LogP contribution in [0.15, 0.2) is 42.0 Å². The van der Waals surface area contributed by atoms with Gasteiger partial charge in [-0.15, -0.1) is 6.58 Å². The third-order valence-electron chi connectivity index (χ3n) is 2.87. The SMILES string of the molecule is C=CCNC(=S)N/N=C\c1c(C)nn(-c2cccc(Cl)c2)c1Cl. The molecule has 2 N–H and O–H groups in total. The van der Waals surface area contributed by atoms with Crippen molar-refractivity contribution >= 4 is 46.7 Å². The third-order valence-corrected chi connectivity index (χ3v) is 3.70. The van der Waals surface area contributed by atoms with Gasteiger partial charge in [0.1, 0.15) is 5.15 Å². The van der Waals surface area contributed by atoms with Crippen LogP contribution in [0.5, 0.6) is 0 Å². The molecule has 0 aliphatic rings. The second kappa shape index (κ2) is 8.10. The molecule has 2 aromatic rings. The van der Waals surface area contributed by atoms with E-state index >= 15 is 0 Å². The Morgan fingerprint density at radius 3 is 2.96 bits per heavy atom.